The van der Waals surface area contributed by atoms with Gasteiger partial charge < -0.3 is 20.1 Å². The molecule has 2 amide bonds. The molecule has 1 aromatic carbocycles. The van der Waals surface area contributed by atoms with E-state index in [1.807, 2.05) is 0 Å². The van der Waals surface area contributed by atoms with Gasteiger partial charge in [-0.05, 0) is 35.0 Å². The number of halogens is 1. The Labute approximate surface area is 119 Å². The minimum absolute atomic E-state index is 0.508. The zero-order chi connectivity index (χ0) is 14.6. The Morgan fingerprint density at radius 1 is 1.47 bits per heavy atom. The zero-order valence-corrected chi connectivity index (χ0v) is 12.4. The van der Waals surface area contributed by atoms with Crippen LogP contribution in [0.5, 0.6) is 5.75 Å². The first-order chi connectivity index (χ1) is 8.86. The van der Waals surface area contributed by atoms with E-state index >= 15 is 0 Å². The number of rotatable bonds is 4. The lowest BCUT2D eigenvalue weighted by Gasteiger charge is -2.22. The van der Waals surface area contributed by atoms with Crippen molar-refractivity contribution >= 4 is 33.6 Å². The molecule has 0 heterocycles. The summed E-state index contributed by atoms with van der Waals surface area (Å²) in [6, 6.07) is 3.69. The van der Waals surface area contributed by atoms with Gasteiger partial charge >= 0.3 is 12.0 Å². The Morgan fingerprint density at radius 2 is 2.11 bits per heavy atom. The van der Waals surface area contributed by atoms with Crippen LogP contribution in [0.15, 0.2) is 22.7 Å². The summed E-state index contributed by atoms with van der Waals surface area (Å²) in [5, 5.41) is 11.5. The summed E-state index contributed by atoms with van der Waals surface area (Å²) in [5.41, 5.74) is 0.508. The van der Waals surface area contributed by atoms with E-state index in [0.717, 1.165) is 4.90 Å². The van der Waals surface area contributed by atoms with Crippen LogP contribution in [0.2, 0.25) is 0 Å². The fourth-order valence-corrected chi connectivity index (χ4v) is 1.62. The number of anilines is 1. The topological polar surface area (TPSA) is 78.9 Å². The molecule has 0 saturated heterocycles. The molecule has 0 aliphatic heterocycles. The third-order valence-corrected chi connectivity index (χ3v) is 3.37. The fraction of sp³-hybridized carbons (Fsp3) is 0.333. The van der Waals surface area contributed by atoms with Gasteiger partial charge in [0.05, 0.1) is 12.8 Å². The van der Waals surface area contributed by atoms with E-state index in [1.165, 1.54) is 21.1 Å². The molecular formula is C12H15BrN2O4. The molecule has 1 rings (SSSR count). The first-order valence-electron chi connectivity index (χ1n) is 5.47. The molecule has 0 saturated carbocycles. The van der Waals surface area contributed by atoms with E-state index in [2.05, 4.69) is 21.2 Å². The molecule has 0 bridgehead atoms. The van der Waals surface area contributed by atoms with Gasteiger partial charge in [-0.15, -0.1) is 0 Å². The first-order valence-corrected chi connectivity index (χ1v) is 6.26. The Morgan fingerprint density at radius 3 is 2.63 bits per heavy atom. The van der Waals surface area contributed by atoms with E-state index < -0.39 is 18.0 Å². The lowest BCUT2D eigenvalue weighted by atomic mass is 10.3. The summed E-state index contributed by atoms with van der Waals surface area (Å²) < 4.78 is 5.74. The number of likely N-dealkylation sites (N-methyl/N-ethyl adjacent to an activating group) is 1. The number of methoxy groups -OCH3 is 1. The average molecular weight is 331 g/mol. The smallest absolute Gasteiger partial charge is 0.326 e. The van der Waals surface area contributed by atoms with Crippen LogP contribution in [-0.4, -0.2) is 42.2 Å². The molecule has 0 aliphatic rings. The molecule has 1 atom stereocenters. The maximum absolute atomic E-state index is 11.9. The van der Waals surface area contributed by atoms with E-state index in [4.69, 9.17) is 9.84 Å². The van der Waals surface area contributed by atoms with Crippen molar-refractivity contribution in [2.75, 3.05) is 19.5 Å². The third kappa shape index (κ3) is 3.85. The first kappa shape index (κ1) is 15.3. The summed E-state index contributed by atoms with van der Waals surface area (Å²) in [6.07, 6.45) is 0. The summed E-state index contributed by atoms with van der Waals surface area (Å²) in [4.78, 5) is 23.8. The monoisotopic (exact) mass is 330 g/mol. The van der Waals surface area contributed by atoms with Crippen molar-refractivity contribution in [3.05, 3.63) is 22.7 Å². The number of benzene rings is 1. The van der Waals surface area contributed by atoms with Crippen molar-refractivity contribution in [2.24, 2.45) is 0 Å². The molecule has 0 aromatic heterocycles. The predicted octanol–water partition coefficient (Wildman–Crippen LogP) is 2.39. The van der Waals surface area contributed by atoms with Crippen LogP contribution in [0.4, 0.5) is 10.5 Å². The number of urea groups is 1. The highest BCUT2D eigenvalue weighted by atomic mass is 79.9. The molecule has 19 heavy (non-hydrogen) atoms. The number of hydrogen-bond acceptors (Lipinski definition) is 3. The van der Waals surface area contributed by atoms with Crippen molar-refractivity contribution in [2.45, 2.75) is 13.0 Å². The molecular weight excluding hydrogens is 316 g/mol. The summed E-state index contributed by atoms with van der Waals surface area (Å²) >= 11 is 3.30. The Bertz CT molecular complexity index is 493. The number of nitrogens with zero attached hydrogens (tertiary/aromatic N) is 1. The SMILES string of the molecule is COc1ccc(Br)c(NC(=O)N(C)C(C)C(=O)O)c1. The normalized spacial score (nSPS) is 11.6. The van der Waals surface area contributed by atoms with Gasteiger partial charge in [0.15, 0.2) is 0 Å². The molecule has 1 aromatic rings. The van der Waals surface area contributed by atoms with Gasteiger partial charge in [-0.2, -0.15) is 0 Å². The zero-order valence-electron chi connectivity index (χ0n) is 10.8. The standard InChI is InChI=1S/C12H15BrN2O4/c1-7(11(16)17)15(2)12(18)14-10-6-8(19-3)4-5-9(10)13/h4-7H,1-3H3,(H,14,18)(H,16,17). The third-order valence-electron chi connectivity index (χ3n) is 2.67. The molecule has 6 nitrogen and oxygen atoms in total. The van der Waals surface area contributed by atoms with Crippen LogP contribution in [0, 0.1) is 0 Å². The second-order valence-electron chi connectivity index (χ2n) is 3.90. The summed E-state index contributed by atoms with van der Waals surface area (Å²) in [7, 11) is 2.94. The van der Waals surface area contributed by atoms with Crippen molar-refractivity contribution in [1.29, 1.82) is 0 Å². The van der Waals surface area contributed by atoms with Gasteiger partial charge in [0.1, 0.15) is 11.8 Å². The molecule has 0 aliphatic carbocycles. The van der Waals surface area contributed by atoms with Gasteiger partial charge in [-0.25, -0.2) is 9.59 Å². The number of ether oxygens (including phenoxy) is 1. The molecule has 1 unspecified atom stereocenters. The van der Waals surface area contributed by atoms with Crippen LogP contribution in [0.1, 0.15) is 6.92 Å². The number of carbonyl (C=O) groups is 2. The second-order valence-corrected chi connectivity index (χ2v) is 4.76. The maximum Gasteiger partial charge on any atom is 0.326 e. The van der Waals surface area contributed by atoms with Gasteiger partial charge in [0, 0.05) is 17.6 Å². The van der Waals surface area contributed by atoms with Crippen LogP contribution in [-0.2, 0) is 4.79 Å². The Hall–Kier alpha value is -1.76. The van der Waals surface area contributed by atoms with Crippen molar-refractivity contribution in [1.82, 2.24) is 4.90 Å². The van der Waals surface area contributed by atoms with Gasteiger partial charge in [-0.1, -0.05) is 0 Å². The van der Waals surface area contributed by atoms with E-state index in [0.29, 0.717) is 15.9 Å². The van der Waals surface area contributed by atoms with Gasteiger partial charge in [0.2, 0.25) is 0 Å². The average Bonchev–Trinajstić information content (AvgIpc) is 2.39. The highest BCUT2D eigenvalue weighted by Gasteiger charge is 2.22. The lowest BCUT2D eigenvalue weighted by Crippen LogP contribution is -2.42. The quantitative estimate of drug-likeness (QED) is 0.888. The molecule has 7 heteroatoms. The maximum atomic E-state index is 11.9. The number of nitrogens with one attached hydrogen (secondary N) is 1. The van der Waals surface area contributed by atoms with E-state index in [1.54, 1.807) is 18.2 Å². The Balaban J connectivity index is 2.84. The highest BCUT2D eigenvalue weighted by molar-refractivity contribution is 9.10. The van der Waals surface area contributed by atoms with Gasteiger partial charge in [-0.3, -0.25) is 0 Å². The van der Waals surface area contributed by atoms with Gasteiger partial charge in [0.25, 0.3) is 0 Å². The number of amides is 2. The van der Waals surface area contributed by atoms with E-state index in [9.17, 15) is 9.59 Å². The van der Waals surface area contributed by atoms with E-state index in [-0.39, 0.29) is 0 Å². The Kier molecular flexibility index (Phi) is 5.17. The van der Waals surface area contributed by atoms with Crippen molar-refractivity contribution < 1.29 is 19.4 Å². The molecule has 104 valence electrons. The number of carboxylic acids is 1. The fourth-order valence-electron chi connectivity index (χ4n) is 1.27. The molecule has 0 radical (unpaired) electrons. The summed E-state index contributed by atoms with van der Waals surface area (Å²) in [6.45, 7) is 1.43. The number of hydrogen-bond donors (Lipinski definition) is 2. The molecule has 0 fully saturated rings. The number of carboxylic acid groups (broad SMARTS) is 1. The molecule has 0 spiro atoms. The van der Waals surface area contributed by atoms with Crippen LogP contribution in [0.3, 0.4) is 0 Å². The number of aliphatic carboxylic acids is 1. The van der Waals surface area contributed by atoms with Crippen molar-refractivity contribution in [3.63, 3.8) is 0 Å². The highest BCUT2D eigenvalue weighted by Crippen LogP contribution is 2.27. The predicted molar refractivity (Wildman–Crippen MR) is 74.6 cm³/mol. The number of carbonyl (C=O) groups excluding carboxylic acids is 1. The lowest BCUT2D eigenvalue weighted by molar-refractivity contribution is -0.141. The molecule has 2 N–H and O–H groups in total. The summed E-state index contributed by atoms with van der Waals surface area (Å²) in [5.74, 6) is -0.477. The minimum Gasteiger partial charge on any atom is -0.497 e. The van der Waals surface area contributed by atoms with Crippen LogP contribution >= 0.6 is 15.9 Å². The van der Waals surface area contributed by atoms with Crippen LogP contribution in [0.25, 0.3) is 0 Å². The largest absolute Gasteiger partial charge is 0.497 e. The van der Waals surface area contributed by atoms with Crippen molar-refractivity contribution in [3.8, 4) is 5.75 Å². The minimum atomic E-state index is -1.07. The second kappa shape index (κ2) is 6.42. The van der Waals surface area contributed by atoms with Crippen LogP contribution < -0.4 is 10.1 Å².